The van der Waals surface area contributed by atoms with E-state index in [1.54, 1.807) is 19.9 Å². The molecule has 1 atom stereocenters. The number of aryl methyl sites for hydroxylation is 2. The Balaban J connectivity index is 1.94. The highest BCUT2D eigenvalue weighted by molar-refractivity contribution is 6.08. The van der Waals surface area contributed by atoms with E-state index in [1.807, 2.05) is 32.9 Å². The minimum atomic E-state index is -1.02. The molecule has 28 heavy (non-hydrogen) atoms. The molecule has 0 radical (unpaired) electrons. The first-order valence-corrected chi connectivity index (χ1v) is 9.43. The van der Waals surface area contributed by atoms with Crippen LogP contribution in [0.2, 0.25) is 0 Å². The highest BCUT2D eigenvalue weighted by Crippen LogP contribution is 2.24. The molecule has 0 aromatic heterocycles. The van der Waals surface area contributed by atoms with E-state index >= 15 is 0 Å². The lowest BCUT2D eigenvalue weighted by Crippen LogP contribution is -2.44. The summed E-state index contributed by atoms with van der Waals surface area (Å²) >= 11 is 0. The number of nitrogens with one attached hydrogen (secondary N) is 1. The molecule has 1 aliphatic rings. The number of rotatable bonds is 8. The summed E-state index contributed by atoms with van der Waals surface area (Å²) in [5, 5.41) is 2.66. The minimum Gasteiger partial charge on any atom is -0.456 e. The molecule has 3 amide bonds. The molecule has 1 aliphatic heterocycles. The maximum atomic E-state index is 12.6. The molecule has 0 bridgehead atoms. The second kappa shape index (κ2) is 8.54. The minimum absolute atomic E-state index is 0.325. The first-order valence-electron chi connectivity index (χ1n) is 9.43. The zero-order chi connectivity index (χ0) is 21.1. The average molecular weight is 388 g/mol. The van der Waals surface area contributed by atoms with Crippen molar-refractivity contribution in [3.63, 3.8) is 0 Å². The van der Waals surface area contributed by atoms with Gasteiger partial charge in [0.1, 0.15) is 12.1 Å². The van der Waals surface area contributed by atoms with Gasteiger partial charge in [0.15, 0.2) is 6.61 Å². The number of carbonyl (C=O) groups is 4. The van der Waals surface area contributed by atoms with Gasteiger partial charge < -0.3 is 10.1 Å². The Morgan fingerprint density at radius 1 is 1.21 bits per heavy atom. The number of carbonyl (C=O) groups excluding carboxylic acids is 4. The van der Waals surface area contributed by atoms with E-state index < -0.39 is 36.6 Å². The SMILES string of the molecule is Cc1ccc(C)c(C(=O)COC(=O)CN2C(=O)N[C@](C)(CCC(C)C)C2=O)c1. The van der Waals surface area contributed by atoms with E-state index in [9.17, 15) is 19.2 Å². The van der Waals surface area contributed by atoms with Gasteiger partial charge in [-0.15, -0.1) is 0 Å². The largest absolute Gasteiger partial charge is 0.456 e. The molecule has 1 saturated heterocycles. The summed E-state index contributed by atoms with van der Waals surface area (Å²) in [4.78, 5) is 50.0. The average Bonchev–Trinajstić information content (AvgIpc) is 2.83. The number of urea groups is 1. The summed E-state index contributed by atoms with van der Waals surface area (Å²) in [5.41, 5.74) is 1.20. The molecule has 7 nitrogen and oxygen atoms in total. The predicted octanol–water partition coefficient (Wildman–Crippen LogP) is 2.78. The second-order valence-electron chi connectivity index (χ2n) is 7.99. The van der Waals surface area contributed by atoms with Crippen LogP contribution in [0.3, 0.4) is 0 Å². The van der Waals surface area contributed by atoms with Crippen LogP contribution in [0, 0.1) is 19.8 Å². The number of esters is 1. The van der Waals surface area contributed by atoms with Crippen molar-refractivity contribution in [1.82, 2.24) is 10.2 Å². The first-order chi connectivity index (χ1) is 13.0. The van der Waals surface area contributed by atoms with E-state index in [4.69, 9.17) is 4.74 Å². The van der Waals surface area contributed by atoms with Gasteiger partial charge in [0.05, 0.1) is 0 Å². The number of Topliss-reactive ketones (excluding diaryl/α,β-unsaturated/α-hetero) is 1. The molecular formula is C21H28N2O5. The number of hydrogen-bond donors (Lipinski definition) is 1. The standard InChI is InChI=1S/C21H28N2O5/c1-13(2)8-9-21(5)19(26)23(20(27)22-21)11-18(25)28-12-17(24)16-10-14(3)6-7-15(16)4/h6-7,10,13H,8-9,11-12H2,1-5H3,(H,22,27)/t21-/m1/s1. The number of ether oxygens (including phenoxy) is 1. The summed E-state index contributed by atoms with van der Waals surface area (Å²) in [5.74, 6) is -1.18. The van der Waals surface area contributed by atoms with Crippen molar-refractivity contribution in [1.29, 1.82) is 0 Å². The molecule has 0 unspecified atom stereocenters. The molecule has 0 aliphatic carbocycles. The molecule has 152 valence electrons. The fraction of sp³-hybridized carbons (Fsp3) is 0.524. The third kappa shape index (κ3) is 4.97. The van der Waals surface area contributed by atoms with Gasteiger partial charge in [0.2, 0.25) is 5.78 Å². The topological polar surface area (TPSA) is 92.8 Å². The number of benzene rings is 1. The van der Waals surface area contributed by atoms with Crippen molar-refractivity contribution >= 4 is 23.7 Å². The smallest absolute Gasteiger partial charge is 0.326 e. The maximum Gasteiger partial charge on any atom is 0.326 e. The fourth-order valence-electron chi connectivity index (χ4n) is 3.07. The van der Waals surface area contributed by atoms with E-state index in [0.29, 0.717) is 17.9 Å². The van der Waals surface area contributed by atoms with Gasteiger partial charge >= 0.3 is 12.0 Å². The van der Waals surface area contributed by atoms with Crippen molar-refractivity contribution in [3.05, 3.63) is 34.9 Å². The van der Waals surface area contributed by atoms with Gasteiger partial charge in [-0.25, -0.2) is 4.79 Å². The van der Waals surface area contributed by atoms with Crippen LogP contribution in [0.4, 0.5) is 4.79 Å². The van der Waals surface area contributed by atoms with Gasteiger partial charge in [0.25, 0.3) is 5.91 Å². The van der Waals surface area contributed by atoms with Crippen LogP contribution in [0.25, 0.3) is 0 Å². The summed E-state index contributed by atoms with van der Waals surface area (Å²) in [7, 11) is 0. The Bertz CT molecular complexity index is 802. The lowest BCUT2D eigenvalue weighted by Gasteiger charge is -2.22. The van der Waals surface area contributed by atoms with Crippen molar-refractivity contribution in [2.24, 2.45) is 5.92 Å². The lowest BCUT2D eigenvalue weighted by atomic mass is 9.92. The molecule has 0 saturated carbocycles. The van der Waals surface area contributed by atoms with Crippen molar-refractivity contribution in [3.8, 4) is 0 Å². The number of nitrogens with zero attached hydrogens (tertiary/aromatic N) is 1. The van der Waals surface area contributed by atoms with E-state index in [-0.39, 0.29) is 5.78 Å². The maximum absolute atomic E-state index is 12.6. The number of amides is 3. The third-order valence-electron chi connectivity index (χ3n) is 4.91. The van der Waals surface area contributed by atoms with Crippen LogP contribution >= 0.6 is 0 Å². The highest BCUT2D eigenvalue weighted by atomic mass is 16.5. The van der Waals surface area contributed by atoms with Crippen molar-refractivity contribution in [2.45, 2.75) is 53.0 Å². The molecular weight excluding hydrogens is 360 g/mol. The molecule has 1 N–H and O–H groups in total. The van der Waals surface area contributed by atoms with Gasteiger partial charge in [-0.3, -0.25) is 19.3 Å². The first kappa shape index (κ1) is 21.6. The lowest BCUT2D eigenvalue weighted by molar-refractivity contribution is -0.146. The third-order valence-corrected chi connectivity index (χ3v) is 4.91. The molecule has 1 aromatic rings. The molecule has 1 fully saturated rings. The summed E-state index contributed by atoms with van der Waals surface area (Å²) < 4.78 is 5.02. The number of imide groups is 1. The predicted molar refractivity (Wildman–Crippen MR) is 104 cm³/mol. The number of ketones is 1. The molecule has 0 spiro atoms. The summed E-state index contributed by atoms with van der Waals surface area (Å²) in [6, 6.07) is 4.85. The van der Waals surface area contributed by atoms with E-state index in [0.717, 1.165) is 22.4 Å². The Morgan fingerprint density at radius 3 is 2.54 bits per heavy atom. The molecule has 1 heterocycles. The second-order valence-corrected chi connectivity index (χ2v) is 7.99. The Morgan fingerprint density at radius 2 is 1.89 bits per heavy atom. The zero-order valence-corrected chi connectivity index (χ0v) is 17.1. The summed E-state index contributed by atoms with van der Waals surface area (Å²) in [6.07, 6.45) is 1.26. The Hall–Kier alpha value is -2.70. The van der Waals surface area contributed by atoms with Gasteiger partial charge in [0, 0.05) is 5.56 Å². The van der Waals surface area contributed by atoms with Crippen LogP contribution in [0.15, 0.2) is 18.2 Å². The molecule has 7 heteroatoms. The van der Waals surface area contributed by atoms with Gasteiger partial charge in [-0.1, -0.05) is 31.5 Å². The normalized spacial score (nSPS) is 19.1. The van der Waals surface area contributed by atoms with Crippen LogP contribution in [-0.4, -0.2) is 47.3 Å². The monoisotopic (exact) mass is 388 g/mol. The Kier molecular flexibility index (Phi) is 6.59. The van der Waals surface area contributed by atoms with Crippen LogP contribution in [0.1, 0.15) is 55.1 Å². The number of hydrogen-bond acceptors (Lipinski definition) is 5. The molecule has 1 aromatic carbocycles. The van der Waals surface area contributed by atoms with Crippen molar-refractivity contribution < 1.29 is 23.9 Å². The van der Waals surface area contributed by atoms with Crippen LogP contribution in [-0.2, 0) is 14.3 Å². The van der Waals surface area contributed by atoms with Crippen LogP contribution < -0.4 is 5.32 Å². The van der Waals surface area contributed by atoms with Crippen molar-refractivity contribution in [2.75, 3.05) is 13.2 Å². The zero-order valence-electron chi connectivity index (χ0n) is 17.1. The summed E-state index contributed by atoms with van der Waals surface area (Å²) in [6.45, 7) is 8.46. The van der Waals surface area contributed by atoms with Gasteiger partial charge in [-0.05, 0) is 51.2 Å². The van der Waals surface area contributed by atoms with E-state index in [2.05, 4.69) is 5.32 Å². The quantitative estimate of drug-likeness (QED) is 0.420. The fourth-order valence-corrected chi connectivity index (χ4v) is 3.07. The van der Waals surface area contributed by atoms with Gasteiger partial charge in [-0.2, -0.15) is 0 Å². The molecule has 2 rings (SSSR count). The van der Waals surface area contributed by atoms with E-state index in [1.165, 1.54) is 0 Å². The highest BCUT2D eigenvalue weighted by Gasteiger charge is 2.48. The Labute approximate surface area is 165 Å². The van der Waals surface area contributed by atoms with Crippen LogP contribution in [0.5, 0.6) is 0 Å².